The molecule has 1 aliphatic rings. The summed E-state index contributed by atoms with van der Waals surface area (Å²) in [7, 11) is 4.01. The van der Waals surface area contributed by atoms with Crippen LogP contribution in [0, 0.1) is 0 Å². The zero-order valence-electron chi connectivity index (χ0n) is 12.3. The lowest BCUT2D eigenvalue weighted by molar-refractivity contribution is -0.0861. The van der Waals surface area contributed by atoms with E-state index >= 15 is 0 Å². The Morgan fingerprint density at radius 3 is 3.00 bits per heavy atom. The van der Waals surface area contributed by atoms with Gasteiger partial charge in [0.25, 0.3) is 0 Å². The van der Waals surface area contributed by atoms with E-state index in [1.54, 1.807) is 0 Å². The Balaban J connectivity index is 1.78. The van der Waals surface area contributed by atoms with E-state index in [1.807, 2.05) is 25.0 Å². The molecule has 20 heavy (non-hydrogen) atoms. The van der Waals surface area contributed by atoms with Gasteiger partial charge in [-0.05, 0) is 33.4 Å². The molecule has 0 bridgehead atoms. The molecule has 0 spiro atoms. The third-order valence-electron chi connectivity index (χ3n) is 3.59. The van der Waals surface area contributed by atoms with E-state index in [-0.39, 0.29) is 24.9 Å². The molecular weight excluding hydrogens is 258 g/mol. The highest BCUT2D eigenvalue weighted by molar-refractivity contribution is 4.91. The number of nitrogens with two attached hydrogens (primary N) is 1. The van der Waals surface area contributed by atoms with Gasteiger partial charge in [-0.25, -0.2) is 0 Å². The van der Waals surface area contributed by atoms with Crippen molar-refractivity contribution in [3.05, 3.63) is 11.9 Å². The van der Waals surface area contributed by atoms with Crippen molar-refractivity contribution in [3.8, 4) is 0 Å². The lowest BCUT2D eigenvalue weighted by atomic mass is 9.98. The van der Waals surface area contributed by atoms with E-state index in [0.29, 0.717) is 0 Å². The Hall–Kier alpha value is -1.02. The van der Waals surface area contributed by atoms with Crippen LogP contribution in [0.4, 0.5) is 0 Å². The average molecular weight is 283 g/mol. The van der Waals surface area contributed by atoms with Gasteiger partial charge in [0.2, 0.25) is 0 Å². The van der Waals surface area contributed by atoms with E-state index in [2.05, 4.69) is 15.2 Å². The second kappa shape index (κ2) is 7.12. The van der Waals surface area contributed by atoms with Gasteiger partial charge in [-0.2, -0.15) is 0 Å². The summed E-state index contributed by atoms with van der Waals surface area (Å²) in [5.41, 5.74) is 6.86. The number of hydrogen-bond acceptors (Lipinski definition) is 6. The number of aromatic nitrogens is 3. The first-order valence-electron chi connectivity index (χ1n) is 7.14. The number of hydrogen-bond donors (Lipinski definition) is 2. The minimum atomic E-state index is -0.228. The summed E-state index contributed by atoms with van der Waals surface area (Å²) < 4.78 is 7.65. The molecule has 0 aliphatic carbocycles. The number of aliphatic hydroxyl groups excluding tert-OH is 1. The Morgan fingerprint density at radius 2 is 2.30 bits per heavy atom. The summed E-state index contributed by atoms with van der Waals surface area (Å²) in [6, 6.07) is -0.0469. The first kappa shape index (κ1) is 15.4. The summed E-state index contributed by atoms with van der Waals surface area (Å²) in [4.78, 5) is 2.06. The van der Waals surface area contributed by atoms with E-state index in [0.717, 1.165) is 38.0 Å². The molecule has 0 saturated carbocycles. The Morgan fingerprint density at radius 1 is 1.50 bits per heavy atom. The molecular formula is C13H25N5O2. The van der Waals surface area contributed by atoms with Gasteiger partial charge in [0, 0.05) is 25.3 Å². The predicted molar refractivity (Wildman–Crippen MR) is 75.0 cm³/mol. The molecule has 0 aromatic carbocycles. The fourth-order valence-corrected chi connectivity index (χ4v) is 2.49. The van der Waals surface area contributed by atoms with Gasteiger partial charge >= 0.3 is 0 Å². The summed E-state index contributed by atoms with van der Waals surface area (Å²) in [5.74, 6) is 0. The third kappa shape index (κ3) is 4.24. The zero-order valence-corrected chi connectivity index (χ0v) is 12.3. The van der Waals surface area contributed by atoms with Crippen LogP contribution in [0.5, 0.6) is 0 Å². The fraction of sp³-hybridized carbons (Fsp3) is 0.846. The Bertz CT molecular complexity index is 409. The van der Waals surface area contributed by atoms with Crippen molar-refractivity contribution >= 4 is 0 Å². The van der Waals surface area contributed by atoms with Crippen molar-refractivity contribution in [1.82, 2.24) is 19.9 Å². The van der Waals surface area contributed by atoms with Gasteiger partial charge in [0.15, 0.2) is 0 Å². The molecule has 1 aromatic rings. The van der Waals surface area contributed by atoms with Crippen LogP contribution >= 0.6 is 0 Å². The van der Waals surface area contributed by atoms with Crippen LogP contribution in [0.15, 0.2) is 6.20 Å². The first-order chi connectivity index (χ1) is 9.58. The largest absolute Gasteiger partial charge is 0.394 e. The standard InChI is InChI=1S/C13H25N5O2/c1-17(2)7-10-8-18(16-15-10)6-5-11-3-4-12(14)13(9-19)20-11/h8,11-13,19H,3-7,9,14H2,1-2H3/t11-,12-,13+/m1/s1. The summed E-state index contributed by atoms with van der Waals surface area (Å²) in [5, 5.41) is 17.5. The van der Waals surface area contributed by atoms with Crippen LogP contribution in [-0.4, -0.2) is 64.0 Å². The quantitative estimate of drug-likeness (QED) is 0.738. The normalized spacial score (nSPS) is 27.1. The van der Waals surface area contributed by atoms with E-state index in [1.165, 1.54) is 0 Å². The van der Waals surface area contributed by atoms with Crippen LogP contribution in [-0.2, 0) is 17.8 Å². The minimum Gasteiger partial charge on any atom is -0.394 e. The average Bonchev–Trinajstić information content (AvgIpc) is 2.84. The van der Waals surface area contributed by atoms with Crippen molar-refractivity contribution in [2.75, 3.05) is 20.7 Å². The summed E-state index contributed by atoms with van der Waals surface area (Å²) in [6.45, 7) is 1.56. The molecule has 7 nitrogen and oxygen atoms in total. The zero-order chi connectivity index (χ0) is 14.5. The molecule has 114 valence electrons. The predicted octanol–water partition coefficient (Wildman–Crippen LogP) is -0.403. The van der Waals surface area contributed by atoms with Crippen molar-refractivity contribution in [3.63, 3.8) is 0 Å². The van der Waals surface area contributed by atoms with Crippen LogP contribution in [0.2, 0.25) is 0 Å². The van der Waals surface area contributed by atoms with Crippen molar-refractivity contribution < 1.29 is 9.84 Å². The molecule has 1 fully saturated rings. The molecule has 2 heterocycles. The van der Waals surface area contributed by atoms with Gasteiger partial charge in [0.05, 0.1) is 24.5 Å². The lowest BCUT2D eigenvalue weighted by Crippen LogP contribution is -2.46. The van der Waals surface area contributed by atoms with Crippen LogP contribution in [0.25, 0.3) is 0 Å². The molecule has 1 saturated heterocycles. The highest BCUT2D eigenvalue weighted by Crippen LogP contribution is 2.20. The maximum Gasteiger partial charge on any atom is 0.0966 e. The molecule has 0 amide bonds. The van der Waals surface area contributed by atoms with E-state index < -0.39 is 0 Å². The molecule has 0 radical (unpaired) electrons. The van der Waals surface area contributed by atoms with Gasteiger partial charge in [-0.1, -0.05) is 5.21 Å². The number of aryl methyl sites for hydroxylation is 1. The second-order valence-electron chi connectivity index (χ2n) is 5.72. The molecule has 0 unspecified atom stereocenters. The van der Waals surface area contributed by atoms with Crippen LogP contribution in [0.3, 0.4) is 0 Å². The third-order valence-corrected chi connectivity index (χ3v) is 3.59. The number of ether oxygens (including phenoxy) is 1. The topological polar surface area (TPSA) is 89.4 Å². The van der Waals surface area contributed by atoms with Gasteiger partial charge in [-0.3, -0.25) is 4.68 Å². The SMILES string of the molecule is CN(C)Cc1cn(CC[C@H]2CC[C@@H](N)[C@H](CO)O2)nn1. The summed E-state index contributed by atoms with van der Waals surface area (Å²) >= 11 is 0. The highest BCUT2D eigenvalue weighted by atomic mass is 16.5. The highest BCUT2D eigenvalue weighted by Gasteiger charge is 2.28. The molecule has 7 heteroatoms. The number of aliphatic hydroxyl groups is 1. The number of rotatable bonds is 6. The van der Waals surface area contributed by atoms with Gasteiger partial charge < -0.3 is 20.5 Å². The van der Waals surface area contributed by atoms with Crippen LogP contribution in [0.1, 0.15) is 25.0 Å². The van der Waals surface area contributed by atoms with Crippen molar-refractivity contribution in [2.24, 2.45) is 5.73 Å². The van der Waals surface area contributed by atoms with E-state index in [4.69, 9.17) is 10.5 Å². The molecule has 3 atom stereocenters. The van der Waals surface area contributed by atoms with Crippen molar-refractivity contribution in [2.45, 2.75) is 50.6 Å². The van der Waals surface area contributed by atoms with Crippen molar-refractivity contribution in [1.29, 1.82) is 0 Å². The Kier molecular flexibility index (Phi) is 5.47. The second-order valence-corrected chi connectivity index (χ2v) is 5.72. The van der Waals surface area contributed by atoms with Gasteiger partial charge in [-0.15, -0.1) is 5.10 Å². The lowest BCUT2D eigenvalue weighted by Gasteiger charge is -2.33. The maximum atomic E-state index is 9.21. The monoisotopic (exact) mass is 283 g/mol. The fourth-order valence-electron chi connectivity index (χ4n) is 2.49. The Labute approximate surface area is 119 Å². The molecule has 1 aliphatic heterocycles. The van der Waals surface area contributed by atoms with Crippen LogP contribution < -0.4 is 5.73 Å². The molecule has 2 rings (SSSR count). The molecule has 1 aromatic heterocycles. The first-order valence-corrected chi connectivity index (χ1v) is 7.14. The van der Waals surface area contributed by atoms with E-state index in [9.17, 15) is 5.11 Å². The van der Waals surface area contributed by atoms with Gasteiger partial charge in [0.1, 0.15) is 0 Å². The smallest absolute Gasteiger partial charge is 0.0966 e. The maximum absolute atomic E-state index is 9.21. The number of nitrogens with zero attached hydrogens (tertiary/aromatic N) is 4. The molecule has 3 N–H and O–H groups in total. The summed E-state index contributed by atoms with van der Waals surface area (Å²) in [6.07, 6.45) is 4.60. The minimum absolute atomic E-state index is 0.00598.